The Kier molecular flexibility index (Phi) is 6.28. The maximum Gasteiger partial charge on any atom is 0.270 e. The Morgan fingerprint density at radius 2 is 1.80 bits per heavy atom. The zero-order valence-electron chi connectivity index (χ0n) is 15.7. The van der Waals surface area contributed by atoms with Crippen LogP contribution in [-0.4, -0.2) is 19.6 Å². The molecular weight excluding hydrogens is 430 g/mol. The maximum atomic E-state index is 12.9. The van der Waals surface area contributed by atoms with Gasteiger partial charge in [0.15, 0.2) is 12.4 Å². The lowest BCUT2D eigenvalue weighted by molar-refractivity contribution is -0.671. The first-order chi connectivity index (χ1) is 14.3. The van der Waals surface area contributed by atoms with Gasteiger partial charge in [-0.1, -0.05) is 23.7 Å². The number of nitrogens with one attached hydrogen (secondary N) is 2. The Labute approximate surface area is 177 Å². The Bertz CT molecular complexity index is 1210. The van der Waals surface area contributed by atoms with Gasteiger partial charge in [-0.2, -0.15) is 5.10 Å². The minimum atomic E-state index is -4.20. The fraction of sp³-hybridized carbons (Fsp3) is 0.0526. The molecule has 11 heteroatoms. The topological polar surface area (TPSA) is 118 Å². The highest BCUT2D eigenvalue weighted by atomic mass is 35.5. The molecule has 0 saturated carbocycles. The first-order valence-corrected chi connectivity index (χ1v) is 10.4. The van der Waals surface area contributed by atoms with Crippen LogP contribution in [0.1, 0.15) is 5.56 Å². The molecule has 0 radical (unpaired) electrons. The number of aromatic nitrogens is 1. The van der Waals surface area contributed by atoms with Crippen molar-refractivity contribution >= 4 is 44.9 Å². The number of sulfonamides is 1. The lowest BCUT2D eigenvalue weighted by Gasteiger charge is -2.12. The van der Waals surface area contributed by atoms with Gasteiger partial charge in [0.2, 0.25) is 0 Å². The van der Waals surface area contributed by atoms with Gasteiger partial charge in [-0.15, -0.1) is 0 Å². The molecule has 3 rings (SSSR count). The number of aryl methyl sites for hydroxylation is 1. The third-order valence-electron chi connectivity index (χ3n) is 3.99. The van der Waals surface area contributed by atoms with Crippen LogP contribution < -0.4 is 14.7 Å². The van der Waals surface area contributed by atoms with Crippen LogP contribution in [0.3, 0.4) is 0 Å². The molecule has 1 aromatic heterocycles. The van der Waals surface area contributed by atoms with Crippen LogP contribution in [0.4, 0.5) is 17.1 Å². The third kappa shape index (κ3) is 5.10. The van der Waals surface area contributed by atoms with Crippen LogP contribution in [0.5, 0.6) is 0 Å². The predicted molar refractivity (Wildman–Crippen MR) is 114 cm³/mol. The number of halogens is 1. The smallest absolute Gasteiger partial charge is 0.270 e. The van der Waals surface area contributed by atoms with E-state index in [-0.39, 0.29) is 27.0 Å². The van der Waals surface area contributed by atoms with Gasteiger partial charge in [0.25, 0.3) is 15.7 Å². The number of nitrogens with zero attached hydrogens (tertiary/aromatic N) is 3. The molecule has 0 aliphatic rings. The molecule has 154 valence electrons. The number of nitro groups is 1. The average Bonchev–Trinajstić information content (AvgIpc) is 2.71. The summed E-state index contributed by atoms with van der Waals surface area (Å²) in [6, 6.07) is 13.3. The zero-order valence-corrected chi connectivity index (χ0v) is 17.3. The van der Waals surface area contributed by atoms with Gasteiger partial charge in [-0.3, -0.25) is 20.3 Å². The zero-order chi connectivity index (χ0) is 21.7. The van der Waals surface area contributed by atoms with E-state index in [9.17, 15) is 18.5 Å². The second-order valence-corrected chi connectivity index (χ2v) is 8.25. The van der Waals surface area contributed by atoms with E-state index in [1.807, 2.05) is 36.1 Å². The van der Waals surface area contributed by atoms with Crippen LogP contribution in [0.15, 0.2) is 77.0 Å². The van der Waals surface area contributed by atoms with E-state index in [4.69, 9.17) is 11.6 Å². The van der Waals surface area contributed by atoms with Gasteiger partial charge >= 0.3 is 0 Å². The number of pyridine rings is 1. The number of para-hydroxylation sites is 1. The lowest BCUT2D eigenvalue weighted by Crippen LogP contribution is -2.25. The van der Waals surface area contributed by atoms with Crippen molar-refractivity contribution in [2.75, 3.05) is 10.1 Å². The summed E-state index contributed by atoms with van der Waals surface area (Å²) in [4.78, 5) is 10.1. The summed E-state index contributed by atoms with van der Waals surface area (Å²) in [5.41, 5.74) is 3.26. The predicted octanol–water partition coefficient (Wildman–Crippen LogP) is 3.32. The normalized spacial score (nSPS) is 11.4. The van der Waals surface area contributed by atoms with Crippen LogP contribution in [0, 0.1) is 10.1 Å². The summed E-state index contributed by atoms with van der Waals surface area (Å²) in [6.07, 6.45) is 5.16. The van der Waals surface area contributed by atoms with Crippen LogP contribution in [-0.2, 0) is 17.1 Å². The Morgan fingerprint density at radius 3 is 2.47 bits per heavy atom. The van der Waals surface area contributed by atoms with Gasteiger partial charge in [-0.25, -0.2) is 13.0 Å². The standard InChI is InChI=1S/C19H16ClN5O4S/c1-24-10-8-14(9-11-24)13-21-22-18-7-6-15(25(26)27)12-19(18)30(28,29)23-17-5-3-2-4-16(17)20/h2-13,23H,1H3/p+1. The molecule has 2 N–H and O–H groups in total. The first kappa shape index (κ1) is 21.2. The summed E-state index contributed by atoms with van der Waals surface area (Å²) in [6.45, 7) is 0. The van der Waals surface area contributed by atoms with Gasteiger partial charge in [-0.05, 0) is 18.2 Å². The number of hydrogen-bond acceptors (Lipinski definition) is 6. The molecule has 0 saturated heterocycles. The van der Waals surface area contributed by atoms with Crippen LogP contribution >= 0.6 is 11.6 Å². The van der Waals surface area contributed by atoms with E-state index in [0.717, 1.165) is 11.6 Å². The van der Waals surface area contributed by atoms with Crippen molar-refractivity contribution < 1.29 is 17.9 Å². The van der Waals surface area contributed by atoms with Crippen molar-refractivity contribution in [3.05, 3.63) is 87.7 Å². The van der Waals surface area contributed by atoms with Crippen LogP contribution in [0.25, 0.3) is 0 Å². The van der Waals surface area contributed by atoms with E-state index in [1.165, 1.54) is 30.5 Å². The van der Waals surface area contributed by atoms with Crippen molar-refractivity contribution in [1.82, 2.24) is 0 Å². The number of hydrazone groups is 1. The largest absolute Gasteiger partial charge is 0.278 e. The molecule has 2 aromatic carbocycles. The number of rotatable bonds is 7. The van der Waals surface area contributed by atoms with Gasteiger partial charge in [0, 0.05) is 29.8 Å². The Balaban J connectivity index is 1.94. The molecule has 3 aromatic rings. The first-order valence-electron chi connectivity index (χ1n) is 8.56. The molecule has 0 aliphatic heterocycles. The minimum absolute atomic E-state index is 0.0675. The van der Waals surface area contributed by atoms with Crippen molar-refractivity contribution in [2.45, 2.75) is 4.90 Å². The quantitative estimate of drug-likeness (QED) is 0.250. The van der Waals surface area contributed by atoms with E-state index in [1.54, 1.807) is 12.1 Å². The second-order valence-electron chi connectivity index (χ2n) is 6.19. The molecule has 0 unspecified atom stereocenters. The number of anilines is 2. The number of nitro benzene ring substituents is 1. The second kappa shape index (κ2) is 8.89. The average molecular weight is 447 g/mol. The number of benzene rings is 2. The molecule has 9 nitrogen and oxygen atoms in total. The van der Waals surface area contributed by atoms with Crippen molar-refractivity contribution in [3.63, 3.8) is 0 Å². The monoisotopic (exact) mass is 446 g/mol. The highest BCUT2D eigenvalue weighted by Gasteiger charge is 2.23. The summed E-state index contributed by atoms with van der Waals surface area (Å²) >= 11 is 6.03. The van der Waals surface area contributed by atoms with Crippen molar-refractivity contribution in [1.29, 1.82) is 0 Å². The summed E-state index contributed by atoms with van der Waals surface area (Å²) in [5, 5.41) is 15.4. The molecule has 1 heterocycles. The van der Waals surface area contributed by atoms with Crippen molar-refractivity contribution in [3.8, 4) is 0 Å². The fourth-order valence-electron chi connectivity index (χ4n) is 2.46. The summed E-state index contributed by atoms with van der Waals surface area (Å²) in [5.74, 6) is 0. The molecule has 30 heavy (non-hydrogen) atoms. The van der Waals surface area contributed by atoms with E-state index < -0.39 is 14.9 Å². The highest BCUT2D eigenvalue weighted by Crippen LogP contribution is 2.30. The summed E-state index contributed by atoms with van der Waals surface area (Å²) in [7, 11) is -2.33. The Hall–Kier alpha value is -3.50. The molecule has 0 aliphatic carbocycles. The Morgan fingerprint density at radius 1 is 1.10 bits per heavy atom. The lowest BCUT2D eigenvalue weighted by atomic mass is 10.3. The molecular formula is C19H17ClN5O4S+. The maximum absolute atomic E-state index is 12.9. The molecule has 0 spiro atoms. The number of hydrogen-bond donors (Lipinski definition) is 2. The number of non-ortho nitro benzene ring substituents is 1. The SMILES string of the molecule is C[n+]1ccc(/C=N/Nc2ccc([N+](=O)[O-])cc2S(=O)(=O)Nc2ccccc2Cl)cc1. The summed E-state index contributed by atoms with van der Waals surface area (Å²) < 4.78 is 30.1. The fourth-order valence-corrected chi connectivity index (χ4v) is 3.95. The highest BCUT2D eigenvalue weighted by molar-refractivity contribution is 7.93. The van der Waals surface area contributed by atoms with Crippen LogP contribution in [0.2, 0.25) is 5.02 Å². The van der Waals surface area contributed by atoms with Gasteiger partial charge in [0.1, 0.15) is 11.9 Å². The van der Waals surface area contributed by atoms with Gasteiger partial charge in [0.05, 0.1) is 27.5 Å². The van der Waals surface area contributed by atoms with Gasteiger partial charge < -0.3 is 0 Å². The molecule has 0 atom stereocenters. The third-order valence-corrected chi connectivity index (χ3v) is 5.72. The van der Waals surface area contributed by atoms with Crippen molar-refractivity contribution in [2.24, 2.45) is 12.1 Å². The minimum Gasteiger partial charge on any atom is -0.278 e. The molecule has 0 amide bonds. The molecule has 0 fully saturated rings. The molecule has 0 bridgehead atoms. The van der Waals surface area contributed by atoms with E-state index in [0.29, 0.717) is 0 Å². The van der Waals surface area contributed by atoms with E-state index in [2.05, 4.69) is 15.2 Å². The van der Waals surface area contributed by atoms with E-state index >= 15 is 0 Å².